The molecule has 10 heteroatoms. The molecule has 0 fully saturated rings. The molecule has 156 valence electrons. The Labute approximate surface area is 188 Å². The highest BCUT2D eigenvalue weighted by Crippen LogP contribution is 2.36. The van der Waals surface area contributed by atoms with E-state index in [2.05, 4.69) is 27.3 Å². The average molecular weight is 475 g/mol. The lowest BCUT2D eigenvalue weighted by Crippen LogP contribution is -2.07. The van der Waals surface area contributed by atoms with Crippen molar-refractivity contribution in [2.45, 2.75) is 44.6 Å². The highest BCUT2D eigenvalue weighted by molar-refractivity contribution is 7.90. The Balaban J connectivity index is 2.14. The van der Waals surface area contributed by atoms with Crippen LogP contribution >= 0.6 is 34.8 Å². The van der Waals surface area contributed by atoms with Crippen molar-refractivity contribution >= 4 is 62.8 Å². The van der Waals surface area contributed by atoms with Gasteiger partial charge in [-0.25, -0.2) is 14.6 Å². The number of unbranched alkanes of at least 4 members (excludes halogenated alkanes) is 3. The fourth-order valence-corrected chi connectivity index (χ4v) is 4.73. The highest BCUT2D eigenvalue weighted by atomic mass is 35.5. The van der Waals surface area contributed by atoms with Crippen molar-refractivity contribution in [1.82, 2.24) is 19.7 Å². The van der Waals surface area contributed by atoms with Gasteiger partial charge in [-0.05, 0) is 25.5 Å². The molecule has 0 spiro atoms. The number of benzene rings is 1. The van der Waals surface area contributed by atoms with E-state index in [1.807, 2.05) is 0 Å². The zero-order valence-corrected chi connectivity index (χ0v) is 19.5. The molecule has 0 saturated heterocycles. The summed E-state index contributed by atoms with van der Waals surface area (Å²) in [5.41, 5.74) is 0.927. The first-order valence-corrected chi connectivity index (χ1v) is 12.0. The number of aromatic nitrogens is 4. The lowest BCUT2D eigenvalue weighted by Gasteiger charge is -2.10. The van der Waals surface area contributed by atoms with Crippen molar-refractivity contribution < 1.29 is 4.55 Å². The molecule has 2 heterocycles. The second-order valence-electron chi connectivity index (χ2n) is 6.69. The van der Waals surface area contributed by atoms with Crippen LogP contribution in [0.3, 0.4) is 0 Å². The molecule has 1 unspecified atom stereocenters. The summed E-state index contributed by atoms with van der Waals surface area (Å²) in [7, 11) is 0. The van der Waals surface area contributed by atoms with Crippen molar-refractivity contribution in [3.8, 4) is 5.69 Å². The quantitative estimate of drug-likeness (QED) is 0.329. The molecule has 1 atom stereocenters. The van der Waals surface area contributed by atoms with Crippen LogP contribution in [0.15, 0.2) is 17.2 Å². The van der Waals surface area contributed by atoms with Gasteiger partial charge < -0.3 is 9.87 Å². The monoisotopic (exact) mass is 473 g/mol. The van der Waals surface area contributed by atoms with Crippen molar-refractivity contribution in [3.63, 3.8) is 0 Å². The summed E-state index contributed by atoms with van der Waals surface area (Å²) in [6, 6.07) is 3.17. The Kier molecular flexibility index (Phi) is 7.51. The zero-order valence-electron chi connectivity index (χ0n) is 16.4. The van der Waals surface area contributed by atoms with Crippen LogP contribution in [0, 0.1) is 6.92 Å². The minimum absolute atomic E-state index is 0.325. The van der Waals surface area contributed by atoms with Crippen LogP contribution in [-0.4, -0.2) is 37.1 Å². The topological polar surface area (TPSA) is 78.7 Å². The summed E-state index contributed by atoms with van der Waals surface area (Å²) in [5, 5.41) is 9.94. The van der Waals surface area contributed by atoms with E-state index in [0.717, 1.165) is 19.4 Å². The smallest absolute Gasteiger partial charge is 0.276 e. The van der Waals surface area contributed by atoms with E-state index in [9.17, 15) is 4.55 Å². The van der Waals surface area contributed by atoms with Gasteiger partial charge in [0.05, 0.1) is 10.0 Å². The molecule has 2 aromatic heterocycles. The van der Waals surface area contributed by atoms with Gasteiger partial charge in [0.2, 0.25) is 0 Å². The third-order valence-electron chi connectivity index (χ3n) is 4.40. The lowest BCUT2D eigenvalue weighted by atomic mass is 10.2. The molecular weight excluding hydrogens is 453 g/mol. The standard InChI is InChI=1S/C19H22Cl3N5OS/c1-4-5-6-7-8-23-17-15-18(25-11(2)24-17)27(26-19(15)29(3)28)16-13(21)9-12(20)10-14(16)22/h9-10H,4-8H2,1-3H3,(H,23,24,25). The van der Waals surface area contributed by atoms with Crippen LogP contribution in [0.25, 0.3) is 16.7 Å². The van der Waals surface area contributed by atoms with Gasteiger partial charge in [-0.3, -0.25) is 0 Å². The second kappa shape index (κ2) is 9.71. The average Bonchev–Trinajstić information content (AvgIpc) is 3.00. The van der Waals surface area contributed by atoms with E-state index >= 15 is 0 Å². The molecule has 0 radical (unpaired) electrons. The number of nitrogens with one attached hydrogen (secondary N) is 1. The van der Waals surface area contributed by atoms with Crippen LogP contribution < -0.4 is 5.32 Å². The van der Waals surface area contributed by atoms with E-state index in [-0.39, 0.29) is 0 Å². The van der Waals surface area contributed by atoms with E-state index in [1.165, 1.54) is 17.5 Å². The molecule has 6 nitrogen and oxygen atoms in total. The minimum Gasteiger partial charge on any atom is -0.610 e. The van der Waals surface area contributed by atoms with Gasteiger partial charge >= 0.3 is 0 Å². The van der Waals surface area contributed by atoms with Crippen molar-refractivity contribution in [1.29, 1.82) is 0 Å². The number of nitrogens with zero attached hydrogens (tertiary/aromatic N) is 4. The van der Waals surface area contributed by atoms with Crippen molar-refractivity contribution in [2.24, 2.45) is 0 Å². The Morgan fingerprint density at radius 3 is 2.41 bits per heavy atom. The minimum atomic E-state index is -1.37. The van der Waals surface area contributed by atoms with Gasteiger partial charge in [-0.15, -0.1) is 5.10 Å². The number of halogens is 3. The summed E-state index contributed by atoms with van der Waals surface area (Å²) in [6.45, 7) is 4.73. The van der Waals surface area contributed by atoms with Gasteiger partial charge in [0, 0.05) is 22.7 Å². The van der Waals surface area contributed by atoms with Crippen LogP contribution in [0.4, 0.5) is 5.82 Å². The molecule has 3 aromatic rings. The molecule has 29 heavy (non-hydrogen) atoms. The Morgan fingerprint density at radius 1 is 1.10 bits per heavy atom. The van der Waals surface area contributed by atoms with E-state index in [0.29, 0.717) is 48.5 Å². The molecule has 0 bridgehead atoms. The number of anilines is 1. The SMILES string of the molecule is CCCCCCNc1nc(C)nc2c1c([S+](C)[O-])nn2-c1c(Cl)cc(Cl)cc1Cl. The van der Waals surface area contributed by atoms with Gasteiger partial charge in [0.1, 0.15) is 29.0 Å². The first kappa shape index (κ1) is 22.4. The molecule has 0 aliphatic carbocycles. The maximum Gasteiger partial charge on any atom is 0.276 e. The normalized spacial score (nSPS) is 12.5. The third kappa shape index (κ3) is 4.91. The first-order chi connectivity index (χ1) is 13.8. The number of aryl methyl sites for hydroxylation is 1. The zero-order chi connectivity index (χ0) is 21.1. The van der Waals surface area contributed by atoms with Crippen molar-refractivity contribution in [3.05, 3.63) is 33.0 Å². The molecule has 0 saturated carbocycles. The molecular formula is C19H22Cl3N5OS. The summed E-state index contributed by atoms with van der Waals surface area (Å²) in [4.78, 5) is 9.07. The Hall–Kier alpha value is -1.25. The molecule has 3 rings (SSSR count). The van der Waals surface area contributed by atoms with Crippen LogP contribution in [0.5, 0.6) is 0 Å². The number of rotatable bonds is 8. The molecule has 0 aliphatic heterocycles. The maximum atomic E-state index is 12.4. The van der Waals surface area contributed by atoms with E-state index < -0.39 is 11.2 Å². The summed E-state index contributed by atoms with van der Waals surface area (Å²) >= 11 is 17.5. The fourth-order valence-electron chi connectivity index (χ4n) is 3.08. The lowest BCUT2D eigenvalue weighted by molar-refractivity contribution is 0.596. The van der Waals surface area contributed by atoms with Crippen LogP contribution in [-0.2, 0) is 11.2 Å². The van der Waals surface area contributed by atoms with Crippen LogP contribution in [0.2, 0.25) is 15.1 Å². The number of fused-ring (bicyclic) bond motifs is 1. The van der Waals surface area contributed by atoms with E-state index in [4.69, 9.17) is 34.8 Å². The predicted molar refractivity (Wildman–Crippen MR) is 121 cm³/mol. The number of hydrogen-bond acceptors (Lipinski definition) is 5. The highest BCUT2D eigenvalue weighted by Gasteiger charge is 2.26. The first-order valence-electron chi connectivity index (χ1n) is 9.33. The second-order valence-corrected chi connectivity index (χ2v) is 9.24. The van der Waals surface area contributed by atoms with Crippen molar-refractivity contribution in [2.75, 3.05) is 18.1 Å². The van der Waals surface area contributed by atoms with Gasteiger partial charge in [0.25, 0.3) is 5.03 Å². The van der Waals surface area contributed by atoms with E-state index in [1.54, 1.807) is 25.3 Å². The van der Waals surface area contributed by atoms with Gasteiger partial charge in [-0.1, -0.05) is 61.0 Å². The van der Waals surface area contributed by atoms with Crippen LogP contribution in [0.1, 0.15) is 38.4 Å². The molecule has 0 amide bonds. The largest absolute Gasteiger partial charge is 0.610 e. The summed E-state index contributed by atoms with van der Waals surface area (Å²) < 4.78 is 14.0. The predicted octanol–water partition coefficient (Wildman–Crippen LogP) is 5.81. The molecule has 0 aliphatic rings. The van der Waals surface area contributed by atoms with Gasteiger partial charge in [-0.2, -0.15) is 0 Å². The Bertz CT molecular complexity index is 1000. The maximum absolute atomic E-state index is 12.4. The Morgan fingerprint density at radius 2 is 1.79 bits per heavy atom. The summed E-state index contributed by atoms with van der Waals surface area (Å²) in [5.74, 6) is 1.17. The molecule has 1 aromatic carbocycles. The summed E-state index contributed by atoms with van der Waals surface area (Å²) in [6.07, 6.45) is 6.09. The third-order valence-corrected chi connectivity index (χ3v) is 6.02. The molecule has 1 N–H and O–H groups in total. The fraction of sp³-hybridized carbons (Fsp3) is 0.421. The van der Waals surface area contributed by atoms with Gasteiger partial charge in [0.15, 0.2) is 5.65 Å². The number of hydrogen-bond donors (Lipinski definition) is 1.